The van der Waals surface area contributed by atoms with E-state index in [4.69, 9.17) is 0 Å². The van der Waals surface area contributed by atoms with Crippen LogP contribution in [0.2, 0.25) is 0 Å². The van der Waals surface area contributed by atoms with Crippen LogP contribution in [-0.4, -0.2) is 78.6 Å². The highest BCUT2D eigenvalue weighted by atomic mass is 16.2. The summed E-state index contributed by atoms with van der Waals surface area (Å²) in [4.78, 5) is 55.8. The van der Waals surface area contributed by atoms with Gasteiger partial charge in [0.1, 0.15) is 12.1 Å². The minimum absolute atomic E-state index is 0.0495. The molecule has 2 saturated heterocycles. The fourth-order valence-corrected chi connectivity index (χ4v) is 4.51. The van der Waals surface area contributed by atoms with Gasteiger partial charge in [-0.05, 0) is 43.0 Å². The van der Waals surface area contributed by atoms with E-state index in [2.05, 4.69) is 5.32 Å². The molecule has 2 heterocycles. The molecule has 3 amide bonds. The van der Waals surface area contributed by atoms with E-state index in [1.807, 2.05) is 45.0 Å². The minimum Gasteiger partial charge on any atom is -0.378 e. The summed E-state index contributed by atoms with van der Waals surface area (Å²) in [5.74, 6) is -0.651. The number of amides is 3. The van der Waals surface area contributed by atoms with Crippen molar-refractivity contribution in [3.63, 3.8) is 0 Å². The fourth-order valence-electron chi connectivity index (χ4n) is 4.51. The Morgan fingerprint density at radius 1 is 1.13 bits per heavy atom. The molecular weight excluding hydrogens is 396 g/mol. The number of Topliss-reactive ketones (excluding diaryl/α,β-unsaturated/α-hetero) is 1. The van der Waals surface area contributed by atoms with E-state index >= 15 is 0 Å². The highest BCUT2D eigenvalue weighted by Gasteiger charge is 2.51. The number of hydrogen-bond acceptors (Lipinski definition) is 5. The van der Waals surface area contributed by atoms with Gasteiger partial charge < -0.3 is 20.0 Å². The van der Waals surface area contributed by atoms with Gasteiger partial charge in [0.2, 0.25) is 11.8 Å². The number of nitrogens with one attached hydrogen (secondary N) is 1. The highest BCUT2D eigenvalue weighted by molar-refractivity contribution is 6.00. The molecule has 1 aromatic rings. The molecule has 1 aromatic carbocycles. The summed E-state index contributed by atoms with van der Waals surface area (Å²) >= 11 is 0. The lowest BCUT2D eigenvalue weighted by atomic mass is 10.0. The number of ketones is 1. The molecule has 0 bridgehead atoms. The second-order valence-electron chi connectivity index (χ2n) is 9.04. The Bertz CT molecular complexity index is 865. The number of anilines is 1. The van der Waals surface area contributed by atoms with E-state index in [0.717, 1.165) is 5.69 Å². The number of fused-ring (bicyclic) bond motifs is 1. The van der Waals surface area contributed by atoms with Crippen LogP contribution in [-0.2, 0) is 14.4 Å². The zero-order chi connectivity index (χ0) is 22.9. The number of rotatable bonds is 6. The van der Waals surface area contributed by atoms with Crippen LogP contribution in [0.5, 0.6) is 0 Å². The SMILES string of the molecule is CC(=O)N1CC(=O)[C@@H]2[C@H]1CCN2C(=O)[C@H](CC(C)C)NC(=O)c1ccc(N(C)C)cc1. The third-order valence-electron chi connectivity index (χ3n) is 6.07. The van der Waals surface area contributed by atoms with Gasteiger partial charge in [-0.2, -0.15) is 0 Å². The molecule has 3 atom stereocenters. The van der Waals surface area contributed by atoms with Crippen molar-refractivity contribution in [2.24, 2.45) is 5.92 Å². The summed E-state index contributed by atoms with van der Waals surface area (Å²) in [5, 5.41) is 2.88. The summed E-state index contributed by atoms with van der Waals surface area (Å²) in [6.45, 7) is 5.88. The average Bonchev–Trinajstić information content (AvgIpc) is 3.28. The van der Waals surface area contributed by atoms with Gasteiger partial charge in [-0.25, -0.2) is 0 Å². The summed E-state index contributed by atoms with van der Waals surface area (Å²) in [6.07, 6.45) is 1.05. The molecular formula is C23H32N4O4. The third-order valence-corrected chi connectivity index (χ3v) is 6.07. The molecule has 1 N–H and O–H groups in total. The number of hydrogen-bond donors (Lipinski definition) is 1. The smallest absolute Gasteiger partial charge is 0.251 e. The maximum atomic E-state index is 13.4. The van der Waals surface area contributed by atoms with Crippen molar-refractivity contribution in [3.05, 3.63) is 29.8 Å². The van der Waals surface area contributed by atoms with Crippen LogP contribution < -0.4 is 10.2 Å². The molecule has 2 aliphatic heterocycles. The largest absolute Gasteiger partial charge is 0.378 e. The maximum absolute atomic E-state index is 13.4. The number of likely N-dealkylation sites (tertiary alicyclic amines) is 2. The van der Waals surface area contributed by atoms with Crippen LogP contribution >= 0.6 is 0 Å². The maximum Gasteiger partial charge on any atom is 0.251 e. The molecule has 31 heavy (non-hydrogen) atoms. The lowest BCUT2D eigenvalue weighted by Gasteiger charge is -2.29. The van der Waals surface area contributed by atoms with Crippen LogP contribution in [0.25, 0.3) is 0 Å². The zero-order valence-corrected chi connectivity index (χ0v) is 18.9. The number of carbonyl (C=O) groups excluding carboxylic acids is 4. The van der Waals surface area contributed by atoms with Crippen molar-refractivity contribution in [2.45, 2.75) is 51.7 Å². The minimum atomic E-state index is -0.723. The number of carbonyl (C=O) groups is 4. The van der Waals surface area contributed by atoms with E-state index in [-0.39, 0.29) is 42.0 Å². The third kappa shape index (κ3) is 4.73. The van der Waals surface area contributed by atoms with Crippen molar-refractivity contribution in [1.82, 2.24) is 15.1 Å². The molecule has 0 aromatic heterocycles. The summed E-state index contributed by atoms with van der Waals surface area (Å²) in [7, 11) is 3.85. The first-order chi connectivity index (χ1) is 14.6. The molecule has 2 fully saturated rings. The van der Waals surface area contributed by atoms with Crippen molar-refractivity contribution >= 4 is 29.2 Å². The van der Waals surface area contributed by atoms with E-state index < -0.39 is 12.1 Å². The normalized spacial score (nSPS) is 21.3. The molecule has 3 rings (SSSR count). The van der Waals surface area contributed by atoms with Gasteiger partial charge in [-0.1, -0.05) is 13.8 Å². The van der Waals surface area contributed by atoms with Gasteiger partial charge in [0.25, 0.3) is 5.91 Å². The Labute approximate surface area is 183 Å². The topological polar surface area (TPSA) is 90.0 Å². The molecule has 2 aliphatic rings. The lowest BCUT2D eigenvalue weighted by molar-refractivity contribution is -0.138. The Morgan fingerprint density at radius 3 is 2.32 bits per heavy atom. The number of benzene rings is 1. The first-order valence-corrected chi connectivity index (χ1v) is 10.8. The quantitative estimate of drug-likeness (QED) is 0.738. The second kappa shape index (κ2) is 9.08. The van der Waals surface area contributed by atoms with E-state index in [9.17, 15) is 19.2 Å². The van der Waals surface area contributed by atoms with Crippen LogP contribution in [0.4, 0.5) is 5.69 Å². The summed E-state index contributed by atoms with van der Waals surface area (Å²) in [6, 6.07) is 5.58. The average molecular weight is 429 g/mol. The van der Waals surface area contributed by atoms with E-state index in [1.54, 1.807) is 21.9 Å². The summed E-state index contributed by atoms with van der Waals surface area (Å²) < 4.78 is 0. The van der Waals surface area contributed by atoms with Crippen molar-refractivity contribution in [3.8, 4) is 0 Å². The fraction of sp³-hybridized carbons (Fsp3) is 0.565. The van der Waals surface area contributed by atoms with Crippen LogP contribution in [0.1, 0.15) is 44.0 Å². The van der Waals surface area contributed by atoms with Gasteiger partial charge in [-0.3, -0.25) is 19.2 Å². The summed E-state index contributed by atoms with van der Waals surface area (Å²) in [5.41, 5.74) is 1.45. The Morgan fingerprint density at radius 2 is 1.77 bits per heavy atom. The standard InChI is InChI=1S/C23H32N4O4/c1-14(2)12-18(24-22(30)16-6-8-17(9-7-16)25(4)5)23(31)26-11-10-19-21(26)20(29)13-27(19)15(3)28/h6-9,14,18-19,21H,10-13H2,1-5H3,(H,24,30)/t18-,19+,21-/m0/s1. The molecule has 0 radical (unpaired) electrons. The molecule has 0 saturated carbocycles. The Balaban J connectivity index is 1.76. The van der Waals surface area contributed by atoms with Crippen molar-refractivity contribution in [2.75, 3.05) is 32.1 Å². The van der Waals surface area contributed by atoms with Crippen LogP contribution in [0.3, 0.4) is 0 Å². The monoisotopic (exact) mass is 428 g/mol. The highest BCUT2D eigenvalue weighted by Crippen LogP contribution is 2.30. The molecule has 0 unspecified atom stereocenters. The second-order valence-corrected chi connectivity index (χ2v) is 9.04. The molecule has 8 nitrogen and oxygen atoms in total. The van der Waals surface area contributed by atoms with Crippen LogP contribution in [0, 0.1) is 5.92 Å². The van der Waals surface area contributed by atoms with Crippen molar-refractivity contribution in [1.29, 1.82) is 0 Å². The van der Waals surface area contributed by atoms with Gasteiger partial charge in [0.05, 0.1) is 12.6 Å². The molecule has 0 spiro atoms. The van der Waals surface area contributed by atoms with E-state index in [1.165, 1.54) is 6.92 Å². The Kier molecular flexibility index (Phi) is 6.67. The van der Waals surface area contributed by atoms with Gasteiger partial charge in [0.15, 0.2) is 5.78 Å². The van der Waals surface area contributed by atoms with Gasteiger partial charge >= 0.3 is 0 Å². The van der Waals surface area contributed by atoms with Gasteiger partial charge in [-0.15, -0.1) is 0 Å². The van der Waals surface area contributed by atoms with E-state index in [0.29, 0.717) is 24.9 Å². The first kappa shape index (κ1) is 22.8. The Hall–Kier alpha value is -2.90. The van der Waals surface area contributed by atoms with Gasteiger partial charge in [0, 0.05) is 38.8 Å². The first-order valence-electron chi connectivity index (χ1n) is 10.8. The predicted molar refractivity (Wildman–Crippen MR) is 118 cm³/mol. The van der Waals surface area contributed by atoms with Crippen LogP contribution in [0.15, 0.2) is 24.3 Å². The lowest BCUT2D eigenvalue weighted by Crippen LogP contribution is -2.53. The molecule has 0 aliphatic carbocycles. The predicted octanol–water partition coefficient (Wildman–Crippen LogP) is 1.30. The zero-order valence-electron chi connectivity index (χ0n) is 18.9. The molecule has 168 valence electrons. The van der Waals surface area contributed by atoms with Crippen molar-refractivity contribution < 1.29 is 19.2 Å². The molecule has 8 heteroatoms. The number of nitrogens with zero attached hydrogens (tertiary/aromatic N) is 3.